The lowest BCUT2D eigenvalue weighted by Crippen LogP contribution is -2.39. The number of morpholine rings is 1. The van der Waals surface area contributed by atoms with E-state index in [1.807, 2.05) is 19.2 Å². The summed E-state index contributed by atoms with van der Waals surface area (Å²) in [7, 11) is 0. The van der Waals surface area contributed by atoms with E-state index in [1.165, 1.54) is 0 Å². The third-order valence-corrected chi connectivity index (χ3v) is 2.98. The molecule has 1 fully saturated rings. The van der Waals surface area contributed by atoms with Crippen LogP contribution in [0.4, 0.5) is 5.82 Å². The van der Waals surface area contributed by atoms with Gasteiger partial charge in [-0.3, -0.25) is 0 Å². The number of aromatic amines is 1. The lowest BCUT2D eigenvalue weighted by Gasteiger charge is -2.32. The summed E-state index contributed by atoms with van der Waals surface area (Å²) in [6, 6.07) is 1.91. The number of nitrogens with one attached hydrogen (secondary N) is 1. The van der Waals surface area contributed by atoms with Gasteiger partial charge in [0.25, 0.3) is 0 Å². The smallest absolute Gasteiger partial charge is 0.137 e. The van der Waals surface area contributed by atoms with E-state index in [0.29, 0.717) is 6.61 Å². The lowest BCUT2D eigenvalue weighted by atomic mass is 10.2. The molecule has 0 spiro atoms. The molecule has 1 unspecified atom stereocenters. The van der Waals surface area contributed by atoms with Gasteiger partial charge in [0.05, 0.1) is 13.2 Å². The van der Waals surface area contributed by atoms with Crippen molar-refractivity contribution < 1.29 is 4.74 Å². The molecule has 0 saturated carbocycles. The standard InChI is InChI=1S/C12H15N5O/c1-9-6-14-12(16-9)10-7-17(4-5-18-10)11-2-3-13-8-15-11/h2-3,6,8,10H,4-5,7H2,1H3,(H,14,16). The molecule has 18 heavy (non-hydrogen) atoms. The molecule has 2 aromatic heterocycles. The molecule has 2 aromatic rings. The van der Waals surface area contributed by atoms with Gasteiger partial charge in [-0.1, -0.05) is 0 Å². The first-order valence-corrected chi connectivity index (χ1v) is 5.97. The minimum absolute atomic E-state index is 0.0255. The van der Waals surface area contributed by atoms with E-state index in [2.05, 4.69) is 24.8 Å². The van der Waals surface area contributed by atoms with E-state index >= 15 is 0 Å². The van der Waals surface area contributed by atoms with Gasteiger partial charge in [0.1, 0.15) is 24.1 Å². The Balaban J connectivity index is 1.76. The maximum absolute atomic E-state index is 5.75. The first-order valence-electron chi connectivity index (χ1n) is 5.97. The van der Waals surface area contributed by atoms with Gasteiger partial charge in [0.2, 0.25) is 0 Å². The van der Waals surface area contributed by atoms with Gasteiger partial charge < -0.3 is 14.6 Å². The van der Waals surface area contributed by atoms with Crippen LogP contribution in [0.2, 0.25) is 0 Å². The summed E-state index contributed by atoms with van der Waals surface area (Å²) in [5, 5.41) is 0. The van der Waals surface area contributed by atoms with Gasteiger partial charge in [0.15, 0.2) is 0 Å². The number of hydrogen-bond acceptors (Lipinski definition) is 5. The van der Waals surface area contributed by atoms with Crippen molar-refractivity contribution in [2.45, 2.75) is 13.0 Å². The highest BCUT2D eigenvalue weighted by Crippen LogP contribution is 2.22. The van der Waals surface area contributed by atoms with E-state index in [4.69, 9.17) is 4.74 Å². The van der Waals surface area contributed by atoms with Crippen LogP contribution in [0.5, 0.6) is 0 Å². The number of aromatic nitrogens is 4. The molecule has 1 aliphatic heterocycles. The van der Waals surface area contributed by atoms with Crippen LogP contribution in [0.1, 0.15) is 17.6 Å². The molecular formula is C12H15N5O. The molecule has 1 N–H and O–H groups in total. The van der Waals surface area contributed by atoms with Crippen molar-refractivity contribution in [1.82, 2.24) is 19.9 Å². The Morgan fingerprint density at radius 3 is 3.11 bits per heavy atom. The van der Waals surface area contributed by atoms with Crippen molar-refractivity contribution in [3.8, 4) is 0 Å². The predicted molar refractivity (Wildman–Crippen MR) is 66.3 cm³/mol. The molecule has 0 bridgehead atoms. The van der Waals surface area contributed by atoms with Crippen molar-refractivity contribution in [2.24, 2.45) is 0 Å². The normalized spacial score (nSPS) is 20.1. The van der Waals surface area contributed by atoms with Crippen molar-refractivity contribution >= 4 is 5.82 Å². The fourth-order valence-corrected chi connectivity index (χ4v) is 2.09. The van der Waals surface area contributed by atoms with Gasteiger partial charge in [-0.15, -0.1) is 0 Å². The maximum atomic E-state index is 5.75. The number of ether oxygens (including phenoxy) is 1. The Kier molecular flexibility index (Phi) is 2.93. The molecule has 94 valence electrons. The fraction of sp³-hybridized carbons (Fsp3) is 0.417. The minimum atomic E-state index is -0.0255. The van der Waals surface area contributed by atoms with Crippen LogP contribution in [0, 0.1) is 6.92 Å². The molecule has 3 heterocycles. The highest BCUT2D eigenvalue weighted by atomic mass is 16.5. The number of aryl methyl sites for hydroxylation is 1. The van der Waals surface area contributed by atoms with E-state index in [-0.39, 0.29) is 6.10 Å². The van der Waals surface area contributed by atoms with Crippen molar-refractivity contribution in [2.75, 3.05) is 24.6 Å². The van der Waals surface area contributed by atoms with Crippen molar-refractivity contribution in [3.63, 3.8) is 0 Å². The molecule has 6 heteroatoms. The van der Waals surface area contributed by atoms with E-state index in [1.54, 1.807) is 12.5 Å². The van der Waals surface area contributed by atoms with Crippen LogP contribution in [0.15, 0.2) is 24.8 Å². The van der Waals surface area contributed by atoms with Crippen LogP contribution >= 0.6 is 0 Å². The van der Waals surface area contributed by atoms with E-state index < -0.39 is 0 Å². The number of rotatable bonds is 2. The van der Waals surface area contributed by atoms with Gasteiger partial charge in [-0.2, -0.15) is 0 Å². The second kappa shape index (κ2) is 4.73. The van der Waals surface area contributed by atoms with Gasteiger partial charge in [-0.25, -0.2) is 15.0 Å². The zero-order valence-corrected chi connectivity index (χ0v) is 10.2. The average Bonchev–Trinajstić information content (AvgIpc) is 2.87. The third kappa shape index (κ3) is 2.19. The van der Waals surface area contributed by atoms with Gasteiger partial charge in [-0.05, 0) is 13.0 Å². The monoisotopic (exact) mass is 245 g/mol. The highest BCUT2D eigenvalue weighted by molar-refractivity contribution is 5.37. The van der Waals surface area contributed by atoms with Crippen LogP contribution in [-0.2, 0) is 4.74 Å². The van der Waals surface area contributed by atoms with Crippen LogP contribution < -0.4 is 4.90 Å². The Morgan fingerprint density at radius 2 is 2.39 bits per heavy atom. The molecule has 1 aliphatic rings. The summed E-state index contributed by atoms with van der Waals surface area (Å²) in [6.07, 6.45) is 5.12. The maximum Gasteiger partial charge on any atom is 0.137 e. The molecule has 0 radical (unpaired) electrons. The molecule has 0 aliphatic carbocycles. The lowest BCUT2D eigenvalue weighted by molar-refractivity contribution is 0.0342. The number of imidazole rings is 1. The Hall–Kier alpha value is -1.95. The Labute approximate surface area is 105 Å². The van der Waals surface area contributed by atoms with Crippen LogP contribution in [0.3, 0.4) is 0 Å². The summed E-state index contributed by atoms with van der Waals surface area (Å²) in [6.45, 7) is 4.26. The first kappa shape index (κ1) is 11.2. The van der Waals surface area contributed by atoms with Crippen molar-refractivity contribution in [1.29, 1.82) is 0 Å². The van der Waals surface area contributed by atoms with Crippen molar-refractivity contribution in [3.05, 3.63) is 36.3 Å². The number of anilines is 1. The summed E-state index contributed by atoms with van der Waals surface area (Å²) >= 11 is 0. The van der Waals surface area contributed by atoms with Gasteiger partial charge >= 0.3 is 0 Å². The topological polar surface area (TPSA) is 66.9 Å². The third-order valence-electron chi connectivity index (χ3n) is 2.98. The molecule has 3 rings (SSSR count). The number of nitrogens with zero attached hydrogens (tertiary/aromatic N) is 4. The second-order valence-electron chi connectivity index (χ2n) is 4.32. The molecule has 0 aromatic carbocycles. The van der Waals surface area contributed by atoms with Crippen LogP contribution in [0.25, 0.3) is 0 Å². The number of H-pyrrole nitrogens is 1. The van der Waals surface area contributed by atoms with E-state index in [9.17, 15) is 0 Å². The molecular weight excluding hydrogens is 230 g/mol. The SMILES string of the molecule is Cc1cnc(C2CN(c3ccncn3)CCO2)[nH]1. The summed E-state index contributed by atoms with van der Waals surface area (Å²) in [5.74, 6) is 1.81. The fourth-order valence-electron chi connectivity index (χ4n) is 2.09. The summed E-state index contributed by atoms with van der Waals surface area (Å²) in [5.41, 5.74) is 1.05. The van der Waals surface area contributed by atoms with Gasteiger partial charge in [0, 0.05) is 24.6 Å². The largest absolute Gasteiger partial charge is 0.367 e. The summed E-state index contributed by atoms with van der Waals surface area (Å²) in [4.78, 5) is 17.9. The summed E-state index contributed by atoms with van der Waals surface area (Å²) < 4.78 is 5.75. The average molecular weight is 245 g/mol. The quantitative estimate of drug-likeness (QED) is 0.857. The molecule has 6 nitrogen and oxygen atoms in total. The van der Waals surface area contributed by atoms with E-state index in [0.717, 1.165) is 30.4 Å². The Bertz CT molecular complexity index is 512. The highest BCUT2D eigenvalue weighted by Gasteiger charge is 2.24. The Morgan fingerprint density at radius 1 is 1.44 bits per heavy atom. The molecule has 1 saturated heterocycles. The molecule has 0 amide bonds. The first-order chi connectivity index (χ1) is 8.83. The molecule has 1 atom stereocenters. The zero-order chi connectivity index (χ0) is 12.4. The number of hydrogen-bond donors (Lipinski definition) is 1. The second-order valence-corrected chi connectivity index (χ2v) is 4.32. The minimum Gasteiger partial charge on any atom is -0.367 e. The predicted octanol–water partition coefficient (Wildman–Crippen LogP) is 1.09. The van der Waals surface area contributed by atoms with Crippen LogP contribution in [-0.4, -0.2) is 39.6 Å². The zero-order valence-electron chi connectivity index (χ0n) is 10.2.